The highest BCUT2D eigenvalue weighted by atomic mass is 35.5. The van der Waals surface area contributed by atoms with E-state index in [1.165, 1.54) is 12.4 Å². The molecular weight excluding hydrogens is 462 g/mol. The zero-order valence-electron chi connectivity index (χ0n) is 17.9. The molecule has 0 radical (unpaired) electrons. The van der Waals surface area contributed by atoms with Gasteiger partial charge in [0.25, 0.3) is 0 Å². The van der Waals surface area contributed by atoms with E-state index >= 15 is 0 Å². The molecule has 2 N–H and O–H groups in total. The van der Waals surface area contributed by atoms with Crippen LogP contribution >= 0.6 is 11.6 Å². The zero-order chi connectivity index (χ0) is 23.5. The van der Waals surface area contributed by atoms with Gasteiger partial charge in [0.05, 0.1) is 0 Å². The molecule has 1 unspecified atom stereocenters. The van der Waals surface area contributed by atoms with Gasteiger partial charge >= 0.3 is 0 Å². The van der Waals surface area contributed by atoms with E-state index in [9.17, 15) is 9.59 Å². The predicted molar refractivity (Wildman–Crippen MR) is 122 cm³/mol. The Labute approximate surface area is 199 Å². The minimum absolute atomic E-state index is 0.109. The molecule has 0 aliphatic carbocycles. The number of carbonyl (C=O) groups is 1. The fraction of sp³-hybridized carbons (Fsp3) is 0.273. The maximum absolute atomic E-state index is 13.0. The summed E-state index contributed by atoms with van der Waals surface area (Å²) in [4.78, 5) is 39.2. The summed E-state index contributed by atoms with van der Waals surface area (Å²) >= 11 is 6.21. The minimum atomic E-state index is -0.908. The van der Waals surface area contributed by atoms with Crippen LogP contribution in [0.25, 0.3) is 5.95 Å². The predicted octanol–water partition coefficient (Wildman–Crippen LogP) is 0.897. The molecule has 2 aliphatic heterocycles. The molecule has 2 aromatic heterocycles. The van der Waals surface area contributed by atoms with Crippen molar-refractivity contribution >= 4 is 29.3 Å². The van der Waals surface area contributed by atoms with Crippen LogP contribution in [0.15, 0.2) is 48.7 Å². The first-order valence-corrected chi connectivity index (χ1v) is 11.0. The van der Waals surface area contributed by atoms with E-state index in [1.54, 1.807) is 21.9 Å². The first-order valence-electron chi connectivity index (χ1n) is 10.6. The molecule has 1 saturated heterocycles. The van der Waals surface area contributed by atoms with E-state index in [2.05, 4.69) is 25.6 Å². The second-order valence-corrected chi connectivity index (χ2v) is 7.93. The van der Waals surface area contributed by atoms with E-state index in [-0.39, 0.29) is 23.3 Å². The Morgan fingerprint density at radius 2 is 2.09 bits per heavy atom. The van der Waals surface area contributed by atoms with Crippen LogP contribution in [0.4, 0.5) is 5.82 Å². The largest absolute Gasteiger partial charge is 0.486 e. The summed E-state index contributed by atoms with van der Waals surface area (Å²) in [6.07, 6.45) is 4.81. The number of hydrogen-bond donors (Lipinski definition) is 2. The number of hydrogen-bond acceptors (Lipinski definition) is 9. The molecule has 3 aromatic rings. The Hall–Kier alpha value is -3.92. The molecule has 0 saturated carbocycles. The van der Waals surface area contributed by atoms with Crippen molar-refractivity contribution in [3.05, 3.63) is 59.4 Å². The van der Waals surface area contributed by atoms with Crippen molar-refractivity contribution in [3.8, 4) is 17.4 Å². The van der Waals surface area contributed by atoms with E-state index in [4.69, 9.17) is 21.1 Å². The molecule has 174 valence electrons. The Balaban J connectivity index is 1.32. The molecule has 1 amide bonds. The van der Waals surface area contributed by atoms with Gasteiger partial charge in [-0.2, -0.15) is 4.98 Å². The van der Waals surface area contributed by atoms with Gasteiger partial charge < -0.3 is 19.7 Å². The summed E-state index contributed by atoms with van der Waals surface area (Å²) in [7, 11) is 0. The lowest BCUT2D eigenvalue weighted by atomic mass is 10.1. The Morgan fingerprint density at radius 1 is 1.24 bits per heavy atom. The normalized spacial score (nSPS) is 17.3. The smallest absolute Gasteiger partial charge is 0.244 e. The monoisotopic (exact) mass is 481 g/mol. The van der Waals surface area contributed by atoms with Gasteiger partial charge in [-0.3, -0.25) is 14.7 Å². The van der Waals surface area contributed by atoms with Crippen molar-refractivity contribution < 1.29 is 19.1 Å². The molecular formula is C22H20ClN7O4. The summed E-state index contributed by atoms with van der Waals surface area (Å²) in [5, 5.41) is 6.13. The number of benzene rings is 1. The van der Waals surface area contributed by atoms with Crippen LogP contribution in [-0.2, 0) is 16.1 Å². The molecule has 11 nitrogen and oxygen atoms in total. The molecule has 2 aliphatic rings. The molecule has 1 fully saturated rings. The molecule has 1 aromatic carbocycles. The van der Waals surface area contributed by atoms with Gasteiger partial charge in [0.2, 0.25) is 11.9 Å². The molecule has 1 atom stereocenters. The maximum Gasteiger partial charge on any atom is 0.244 e. The lowest BCUT2D eigenvalue weighted by molar-refractivity contribution is -0.122. The van der Waals surface area contributed by atoms with Gasteiger partial charge in [-0.25, -0.2) is 14.8 Å². The summed E-state index contributed by atoms with van der Waals surface area (Å²) in [5.41, 5.74) is 0.951. The number of nitrogens with one attached hydrogen (secondary N) is 2. The number of aromatic nitrogens is 4. The molecule has 34 heavy (non-hydrogen) atoms. The Morgan fingerprint density at radius 3 is 2.88 bits per heavy atom. The molecule has 4 heterocycles. The highest BCUT2D eigenvalue weighted by Gasteiger charge is 2.33. The fourth-order valence-electron chi connectivity index (χ4n) is 3.78. The number of halogens is 1. The van der Waals surface area contributed by atoms with E-state index in [0.29, 0.717) is 49.6 Å². The summed E-state index contributed by atoms with van der Waals surface area (Å²) in [6.45, 7) is 2.08. The van der Waals surface area contributed by atoms with Gasteiger partial charge in [-0.15, -0.1) is 0 Å². The molecule has 0 spiro atoms. The van der Waals surface area contributed by atoms with E-state index < -0.39 is 6.04 Å². The van der Waals surface area contributed by atoms with Crippen molar-refractivity contribution in [2.24, 2.45) is 0 Å². The van der Waals surface area contributed by atoms with Crippen molar-refractivity contribution in [2.45, 2.75) is 12.6 Å². The quantitative estimate of drug-likeness (QED) is 0.404. The lowest BCUT2D eigenvalue weighted by Gasteiger charge is -2.34. The van der Waals surface area contributed by atoms with E-state index in [0.717, 1.165) is 5.56 Å². The van der Waals surface area contributed by atoms with Gasteiger partial charge in [0.1, 0.15) is 48.2 Å². The third-order valence-corrected chi connectivity index (χ3v) is 5.56. The molecule has 5 rings (SSSR count). The van der Waals surface area contributed by atoms with Crippen LogP contribution in [-0.4, -0.2) is 63.7 Å². The first-order chi connectivity index (χ1) is 16.6. The van der Waals surface area contributed by atoms with Crippen LogP contribution in [0.2, 0.25) is 5.15 Å². The molecule has 12 heteroatoms. The average Bonchev–Trinajstić information content (AvgIpc) is 3.41. The number of amides is 1. The van der Waals surface area contributed by atoms with E-state index in [1.807, 2.05) is 24.1 Å². The van der Waals surface area contributed by atoms with Crippen LogP contribution in [0, 0.1) is 0 Å². The third kappa shape index (κ3) is 4.44. The number of anilines is 1. The number of piperazine rings is 1. The second-order valence-electron chi connectivity index (χ2n) is 7.54. The summed E-state index contributed by atoms with van der Waals surface area (Å²) < 4.78 is 12.7. The Bertz CT molecular complexity index is 1260. The van der Waals surface area contributed by atoms with Crippen LogP contribution < -0.4 is 25.0 Å². The number of carbonyl (C=O) groups excluding carboxylic acids is 2. The van der Waals surface area contributed by atoms with Gasteiger partial charge in [-0.1, -0.05) is 17.7 Å². The second kappa shape index (κ2) is 9.52. The Kier molecular flexibility index (Phi) is 6.13. The average molecular weight is 482 g/mol. The maximum atomic E-state index is 13.0. The molecule has 0 bridgehead atoms. The number of fused-ring (bicyclic) bond motifs is 1. The van der Waals surface area contributed by atoms with Gasteiger partial charge in [0, 0.05) is 38.1 Å². The highest BCUT2D eigenvalue weighted by molar-refractivity contribution is 6.29. The van der Waals surface area contributed by atoms with Gasteiger partial charge in [-0.05, 0) is 17.7 Å². The fourth-order valence-corrected chi connectivity index (χ4v) is 3.95. The lowest BCUT2D eigenvalue weighted by Crippen LogP contribution is -2.56. The highest BCUT2D eigenvalue weighted by Crippen LogP contribution is 2.30. The number of imidazole rings is 1. The third-order valence-electron chi connectivity index (χ3n) is 5.37. The zero-order valence-corrected chi connectivity index (χ0v) is 18.7. The minimum Gasteiger partial charge on any atom is -0.486 e. The SMILES string of the molecule is O=C=C1C(C(=O)NCc2ccc3c(c2)OCCO3)NCCN1c1cc(Cl)nc(-n2ccnc2)n1. The summed E-state index contributed by atoms with van der Waals surface area (Å²) in [5.74, 6) is 3.53. The number of rotatable bonds is 5. The standard InChI is InChI=1S/C22H20ClN7O4/c23-18-10-19(28-22(27-18)29-5-3-24-13-29)30-6-4-25-20(15(30)12-31)21(32)26-11-14-1-2-16-17(9-14)34-8-7-33-16/h1-3,5,9-10,13,20,25H,4,6-8,11H2,(H,26,32). The van der Waals surface area contributed by atoms with Crippen molar-refractivity contribution in [1.82, 2.24) is 30.2 Å². The van der Waals surface area contributed by atoms with Crippen LogP contribution in [0.5, 0.6) is 11.5 Å². The van der Waals surface area contributed by atoms with Crippen molar-refractivity contribution in [3.63, 3.8) is 0 Å². The van der Waals surface area contributed by atoms with Crippen molar-refractivity contribution in [2.75, 3.05) is 31.2 Å². The van der Waals surface area contributed by atoms with Crippen LogP contribution in [0.1, 0.15) is 5.56 Å². The van der Waals surface area contributed by atoms with Crippen LogP contribution in [0.3, 0.4) is 0 Å². The topological polar surface area (TPSA) is 124 Å². The number of ether oxygens (including phenoxy) is 2. The number of nitrogens with zero attached hydrogens (tertiary/aromatic N) is 5. The van der Waals surface area contributed by atoms with Gasteiger partial charge in [0.15, 0.2) is 11.5 Å². The summed E-state index contributed by atoms with van der Waals surface area (Å²) in [6, 6.07) is 6.12. The van der Waals surface area contributed by atoms with Crippen molar-refractivity contribution in [1.29, 1.82) is 0 Å². The first kappa shape index (κ1) is 21.9.